The summed E-state index contributed by atoms with van der Waals surface area (Å²) in [6.07, 6.45) is 0. The van der Waals surface area contributed by atoms with Crippen LogP contribution in [0.5, 0.6) is 5.75 Å². The molecule has 0 aliphatic rings. The van der Waals surface area contributed by atoms with Gasteiger partial charge in [-0.1, -0.05) is 11.6 Å². The van der Waals surface area contributed by atoms with E-state index in [2.05, 4.69) is 10.3 Å². The lowest BCUT2D eigenvalue weighted by Gasteiger charge is -2.11. The number of ether oxygens (including phenoxy) is 1. The number of carbonyl (C=O) groups excluding carboxylic acids is 1. The predicted molar refractivity (Wildman–Crippen MR) is 102 cm³/mol. The number of anilines is 1. The van der Waals surface area contributed by atoms with E-state index in [1.54, 1.807) is 12.1 Å². The molecule has 0 atom stereocenters. The summed E-state index contributed by atoms with van der Waals surface area (Å²) in [5.74, 6) is -0.0553. The lowest BCUT2D eigenvalue weighted by atomic mass is 10.3. The Labute approximate surface area is 162 Å². The molecule has 1 N–H and O–H groups in total. The Bertz CT molecular complexity index is 1180. The van der Waals surface area contributed by atoms with Gasteiger partial charge < -0.3 is 10.1 Å². The maximum absolute atomic E-state index is 12.5. The third kappa shape index (κ3) is 3.31. The highest BCUT2D eigenvalue weighted by atomic mass is 35.5. The molecule has 0 aliphatic carbocycles. The van der Waals surface area contributed by atoms with E-state index in [1.165, 1.54) is 36.4 Å². The van der Waals surface area contributed by atoms with Crippen molar-refractivity contribution in [2.75, 3.05) is 12.4 Å². The minimum absolute atomic E-state index is 0.0535. The first-order chi connectivity index (χ1) is 12.7. The van der Waals surface area contributed by atoms with Crippen LogP contribution in [0.4, 0.5) is 5.69 Å². The Kier molecular flexibility index (Phi) is 4.99. The first-order valence-electron chi connectivity index (χ1n) is 7.69. The second-order valence-electron chi connectivity index (χ2n) is 5.74. The van der Waals surface area contributed by atoms with Crippen molar-refractivity contribution in [2.45, 2.75) is 6.54 Å². The van der Waals surface area contributed by atoms with Gasteiger partial charge in [-0.3, -0.25) is 23.3 Å². The van der Waals surface area contributed by atoms with E-state index in [-0.39, 0.29) is 23.0 Å². The number of aryl methyl sites for hydroxylation is 1. The number of benzene rings is 1. The molecule has 0 saturated heterocycles. The lowest BCUT2D eigenvalue weighted by Crippen LogP contribution is -2.37. The summed E-state index contributed by atoms with van der Waals surface area (Å²) in [6, 6.07) is 4.78. The van der Waals surface area contributed by atoms with Crippen LogP contribution in [0, 0.1) is 0 Å². The third-order valence-corrected chi connectivity index (χ3v) is 4.56. The van der Waals surface area contributed by atoms with Gasteiger partial charge in [-0.25, -0.2) is 4.79 Å². The Morgan fingerprint density at radius 1 is 1.22 bits per heavy atom. The Hall–Kier alpha value is -2.78. The van der Waals surface area contributed by atoms with Gasteiger partial charge in [-0.2, -0.15) is 4.98 Å². The molecule has 3 rings (SSSR count). The SMILES string of the molecule is COc1ccc(Cl)cc1NC(=O)Cn1c(Cl)nc2c1c(=O)n(C)c(=O)n2C. The zero-order valence-corrected chi connectivity index (χ0v) is 16.1. The molecule has 0 aliphatic heterocycles. The zero-order valence-electron chi connectivity index (χ0n) is 14.6. The quantitative estimate of drug-likeness (QED) is 0.653. The third-order valence-electron chi connectivity index (χ3n) is 4.04. The van der Waals surface area contributed by atoms with Gasteiger partial charge >= 0.3 is 5.69 Å². The molecule has 11 heteroatoms. The number of hydrogen-bond acceptors (Lipinski definition) is 5. The van der Waals surface area contributed by atoms with Gasteiger partial charge in [-0.15, -0.1) is 0 Å². The molecule has 2 heterocycles. The summed E-state index contributed by atoms with van der Waals surface area (Å²) in [5, 5.41) is 2.99. The molecular weight excluding hydrogens is 397 g/mol. The smallest absolute Gasteiger partial charge is 0.332 e. The number of rotatable bonds is 4. The maximum atomic E-state index is 12.5. The second kappa shape index (κ2) is 7.09. The molecule has 3 aromatic rings. The number of nitrogens with one attached hydrogen (secondary N) is 1. The number of halogens is 2. The topological polar surface area (TPSA) is 100 Å². The van der Waals surface area contributed by atoms with Crippen LogP contribution in [-0.4, -0.2) is 31.7 Å². The van der Waals surface area contributed by atoms with Gasteiger partial charge in [0.1, 0.15) is 12.3 Å². The molecule has 0 spiro atoms. The van der Waals surface area contributed by atoms with Gasteiger partial charge in [0, 0.05) is 19.1 Å². The van der Waals surface area contributed by atoms with E-state index < -0.39 is 17.2 Å². The summed E-state index contributed by atoms with van der Waals surface area (Å²) in [7, 11) is 4.27. The first kappa shape index (κ1) is 19.0. The van der Waals surface area contributed by atoms with Crippen molar-refractivity contribution in [3.63, 3.8) is 0 Å². The van der Waals surface area contributed by atoms with Crippen molar-refractivity contribution < 1.29 is 9.53 Å². The normalized spacial score (nSPS) is 11.0. The van der Waals surface area contributed by atoms with Crippen LogP contribution >= 0.6 is 23.2 Å². The molecular formula is C16H15Cl2N5O4. The van der Waals surface area contributed by atoms with Crippen LogP contribution < -0.4 is 21.3 Å². The van der Waals surface area contributed by atoms with Gasteiger partial charge in [0.05, 0.1) is 12.8 Å². The van der Waals surface area contributed by atoms with E-state index >= 15 is 0 Å². The van der Waals surface area contributed by atoms with Gasteiger partial charge in [-0.05, 0) is 29.8 Å². The molecule has 0 bridgehead atoms. The fourth-order valence-corrected chi connectivity index (χ4v) is 3.07. The molecule has 0 radical (unpaired) electrons. The largest absolute Gasteiger partial charge is 0.495 e. The summed E-state index contributed by atoms with van der Waals surface area (Å²) in [5.41, 5.74) is -0.613. The minimum atomic E-state index is -0.597. The average molecular weight is 412 g/mol. The van der Waals surface area contributed by atoms with Crippen molar-refractivity contribution in [2.24, 2.45) is 14.1 Å². The number of hydrogen-bond donors (Lipinski definition) is 1. The Balaban J connectivity index is 2.02. The molecule has 0 saturated carbocycles. The number of imidazole rings is 1. The molecule has 9 nitrogen and oxygen atoms in total. The Morgan fingerprint density at radius 3 is 2.59 bits per heavy atom. The number of aromatic nitrogens is 4. The highest BCUT2D eigenvalue weighted by Crippen LogP contribution is 2.27. The minimum Gasteiger partial charge on any atom is -0.495 e. The van der Waals surface area contributed by atoms with Gasteiger partial charge in [0.25, 0.3) is 5.56 Å². The lowest BCUT2D eigenvalue weighted by molar-refractivity contribution is -0.116. The fourth-order valence-electron chi connectivity index (χ4n) is 2.68. The first-order valence-corrected chi connectivity index (χ1v) is 8.45. The molecule has 142 valence electrons. The van der Waals surface area contributed by atoms with Crippen LogP contribution in [0.25, 0.3) is 11.2 Å². The molecule has 2 aromatic heterocycles. The molecule has 0 fully saturated rings. The van der Waals surface area contributed by atoms with Crippen molar-refractivity contribution in [3.05, 3.63) is 49.3 Å². The van der Waals surface area contributed by atoms with Crippen LogP contribution in [0.15, 0.2) is 27.8 Å². The van der Waals surface area contributed by atoms with Crippen molar-refractivity contribution in [1.29, 1.82) is 0 Å². The van der Waals surface area contributed by atoms with Gasteiger partial charge in [0.2, 0.25) is 11.2 Å². The van der Waals surface area contributed by atoms with Crippen molar-refractivity contribution >= 4 is 46.0 Å². The van der Waals surface area contributed by atoms with E-state index in [0.717, 1.165) is 4.57 Å². The number of nitrogens with zero attached hydrogens (tertiary/aromatic N) is 4. The van der Waals surface area contributed by atoms with Crippen molar-refractivity contribution in [3.8, 4) is 5.75 Å². The van der Waals surface area contributed by atoms with Crippen LogP contribution in [0.3, 0.4) is 0 Å². The second-order valence-corrected chi connectivity index (χ2v) is 6.51. The average Bonchev–Trinajstić information content (AvgIpc) is 2.95. The number of fused-ring (bicyclic) bond motifs is 1. The van der Waals surface area contributed by atoms with Gasteiger partial charge in [0.15, 0.2) is 11.2 Å². The number of carbonyl (C=O) groups is 1. The highest BCUT2D eigenvalue weighted by Gasteiger charge is 2.20. The van der Waals surface area contributed by atoms with E-state index in [9.17, 15) is 14.4 Å². The molecule has 1 aromatic carbocycles. The standard InChI is InChI=1S/C16H15Cl2N5O4/c1-21-13-12(14(25)22(2)16(21)26)23(15(18)20-13)7-11(24)19-9-6-8(17)4-5-10(9)27-3/h4-6H,7H2,1-3H3,(H,19,24). The van der Waals surface area contributed by atoms with Crippen LogP contribution in [-0.2, 0) is 25.4 Å². The molecule has 0 unspecified atom stereocenters. The monoisotopic (exact) mass is 411 g/mol. The highest BCUT2D eigenvalue weighted by molar-refractivity contribution is 6.31. The maximum Gasteiger partial charge on any atom is 0.332 e. The number of methoxy groups -OCH3 is 1. The summed E-state index contributed by atoms with van der Waals surface area (Å²) >= 11 is 12.1. The van der Waals surface area contributed by atoms with Crippen LogP contribution in [0.1, 0.15) is 0 Å². The van der Waals surface area contributed by atoms with E-state index in [1.807, 2.05) is 0 Å². The van der Waals surface area contributed by atoms with Crippen LogP contribution in [0.2, 0.25) is 10.3 Å². The zero-order chi connectivity index (χ0) is 19.9. The summed E-state index contributed by atoms with van der Waals surface area (Å²) in [4.78, 5) is 41.0. The number of amides is 1. The molecule has 27 heavy (non-hydrogen) atoms. The van der Waals surface area contributed by atoms with E-state index in [0.29, 0.717) is 16.5 Å². The van der Waals surface area contributed by atoms with E-state index in [4.69, 9.17) is 27.9 Å². The molecule has 1 amide bonds. The van der Waals surface area contributed by atoms with Crippen molar-refractivity contribution in [1.82, 2.24) is 18.7 Å². The summed E-state index contributed by atoms with van der Waals surface area (Å²) in [6.45, 7) is -0.293. The fraction of sp³-hybridized carbons (Fsp3) is 0.250. The summed E-state index contributed by atoms with van der Waals surface area (Å²) < 4.78 is 8.54. The Morgan fingerprint density at radius 2 is 1.93 bits per heavy atom. The predicted octanol–water partition coefficient (Wildman–Crippen LogP) is 1.39.